The predicted molar refractivity (Wildman–Crippen MR) is 150 cm³/mol. The molecule has 2 heterocycles. The Bertz CT molecular complexity index is 1260. The first-order valence-electron chi connectivity index (χ1n) is 12.8. The highest BCUT2D eigenvalue weighted by Gasteiger charge is 2.31. The molecule has 0 unspecified atom stereocenters. The number of hydrogen-bond acceptors (Lipinski definition) is 7. The number of aromatic nitrogens is 2. The second kappa shape index (κ2) is 12.7. The van der Waals surface area contributed by atoms with Gasteiger partial charge < -0.3 is 20.0 Å². The second-order valence-electron chi connectivity index (χ2n) is 9.72. The molecule has 0 saturated carbocycles. The number of thioether (sulfide) groups is 1. The zero-order valence-electron chi connectivity index (χ0n) is 22.3. The summed E-state index contributed by atoms with van der Waals surface area (Å²) in [4.78, 5) is 27.7. The average Bonchev–Trinajstić information content (AvgIpc) is 2.91. The van der Waals surface area contributed by atoms with Gasteiger partial charge in [-0.15, -0.1) is 0 Å². The van der Waals surface area contributed by atoms with Crippen molar-refractivity contribution in [2.75, 3.05) is 63.2 Å². The normalized spacial score (nSPS) is 14.1. The zero-order valence-corrected chi connectivity index (χ0v) is 23.1. The summed E-state index contributed by atoms with van der Waals surface area (Å²) in [6.07, 6.45) is -4.35. The van der Waals surface area contributed by atoms with Gasteiger partial charge in [-0.3, -0.25) is 4.79 Å². The predicted octanol–water partition coefficient (Wildman–Crippen LogP) is 4.71. The summed E-state index contributed by atoms with van der Waals surface area (Å²) < 4.78 is 39.4. The van der Waals surface area contributed by atoms with Gasteiger partial charge in [0.15, 0.2) is 5.16 Å². The Hall–Kier alpha value is -3.31. The van der Waals surface area contributed by atoms with E-state index in [9.17, 15) is 18.0 Å². The number of carbonyl (C=O) groups is 1. The first-order chi connectivity index (χ1) is 18.6. The molecular weight excluding hydrogens is 525 g/mol. The maximum absolute atomic E-state index is 13.1. The Morgan fingerprint density at radius 2 is 1.69 bits per heavy atom. The van der Waals surface area contributed by atoms with E-state index in [4.69, 9.17) is 4.98 Å². The van der Waals surface area contributed by atoms with Gasteiger partial charge in [-0.25, -0.2) is 9.97 Å². The lowest BCUT2D eigenvalue weighted by molar-refractivity contribution is -0.137. The first-order valence-corrected chi connectivity index (χ1v) is 13.7. The van der Waals surface area contributed by atoms with Crippen molar-refractivity contribution < 1.29 is 18.0 Å². The van der Waals surface area contributed by atoms with Gasteiger partial charge in [0.2, 0.25) is 0 Å². The van der Waals surface area contributed by atoms with Crippen LogP contribution < -0.4 is 15.1 Å². The Kier molecular flexibility index (Phi) is 9.34. The van der Waals surface area contributed by atoms with E-state index >= 15 is 0 Å². The fourth-order valence-electron chi connectivity index (χ4n) is 4.22. The van der Waals surface area contributed by atoms with Gasteiger partial charge in [-0.2, -0.15) is 13.2 Å². The lowest BCUT2D eigenvalue weighted by atomic mass is 10.1. The SMILES string of the molecule is Cc1cc(N2CCN(c3cccc(C(F)(F)F)c3)CC2)nc(SCc2ccc(C(=O)NCCN(C)C)cc2)n1. The summed E-state index contributed by atoms with van der Waals surface area (Å²) in [5.41, 5.74) is 2.49. The van der Waals surface area contributed by atoms with Crippen LogP contribution in [0.25, 0.3) is 0 Å². The number of carbonyl (C=O) groups excluding carboxylic acids is 1. The third kappa shape index (κ3) is 8.09. The molecule has 1 aromatic heterocycles. The molecule has 0 atom stereocenters. The van der Waals surface area contributed by atoms with E-state index in [1.807, 2.05) is 61.2 Å². The molecule has 3 aromatic rings. The van der Waals surface area contributed by atoms with E-state index in [1.165, 1.54) is 23.9 Å². The third-order valence-electron chi connectivity index (χ3n) is 6.39. The monoisotopic (exact) mass is 558 g/mol. The Morgan fingerprint density at radius 1 is 1.00 bits per heavy atom. The van der Waals surface area contributed by atoms with Crippen LogP contribution in [0.5, 0.6) is 0 Å². The number of hydrogen-bond donors (Lipinski definition) is 1. The minimum Gasteiger partial charge on any atom is -0.368 e. The van der Waals surface area contributed by atoms with Gasteiger partial charge in [0.1, 0.15) is 5.82 Å². The van der Waals surface area contributed by atoms with Crippen LogP contribution in [0.2, 0.25) is 0 Å². The van der Waals surface area contributed by atoms with Crippen LogP contribution in [0.15, 0.2) is 59.8 Å². The minimum absolute atomic E-state index is 0.0872. The third-order valence-corrected chi connectivity index (χ3v) is 7.31. The van der Waals surface area contributed by atoms with Crippen LogP contribution in [0.4, 0.5) is 24.7 Å². The molecule has 1 fully saturated rings. The molecule has 1 saturated heterocycles. The van der Waals surface area contributed by atoms with Crippen LogP contribution in [-0.4, -0.2) is 74.1 Å². The second-order valence-corrected chi connectivity index (χ2v) is 10.7. The summed E-state index contributed by atoms with van der Waals surface area (Å²) in [7, 11) is 3.92. The average molecular weight is 559 g/mol. The van der Waals surface area contributed by atoms with E-state index in [1.54, 1.807) is 6.07 Å². The molecule has 1 aliphatic heterocycles. The number of likely N-dealkylation sites (N-methyl/N-ethyl adjacent to an activating group) is 1. The van der Waals surface area contributed by atoms with Gasteiger partial charge in [-0.05, 0) is 56.9 Å². The van der Waals surface area contributed by atoms with Crippen molar-refractivity contribution in [3.63, 3.8) is 0 Å². The first kappa shape index (κ1) is 28.7. The molecule has 0 radical (unpaired) electrons. The number of rotatable bonds is 9. The molecule has 39 heavy (non-hydrogen) atoms. The highest BCUT2D eigenvalue weighted by Crippen LogP contribution is 2.32. The molecule has 1 aliphatic rings. The van der Waals surface area contributed by atoms with Gasteiger partial charge in [0, 0.05) is 68.0 Å². The van der Waals surface area contributed by atoms with Crippen LogP contribution in [0.1, 0.15) is 27.2 Å². The molecule has 0 spiro atoms. The highest BCUT2D eigenvalue weighted by atomic mass is 32.2. The molecule has 0 aliphatic carbocycles. The number of nitrogens with zero attached hydrogens (tertiary/aromatic N) is 5. The molecular formula is C28H33F3N6OS. The van der Waals surface area contributed by atoms with E-state index in [0.717, 1.165) is 29.7 Å². The topological polar surface area (TPSA) is 64.6 Å². The van der Waals surface area contributed by atoms with E-state index in [0.29, 0.717) is 54.9 Å². The maximum atomic E-state index is 13.1. The maximum Gasteiger partial charge on any atom is 0.416 e. The van der Waals surface area contributed by atoms with Gasteiger partial charge in [0.05, 0.1) is 5.56 Å². The van der Waals surface area contributed by atoms with Crippen molar-refractivity contribution in [2.24, 2.45) is 0 Å². The number of anilines is 2. The molecule has 11 heteroatoms. The Balaban J connectivity index is 1.32. The quantitative estimate of drug-likeness (QED) is 0.301. The van der Waals surface area contributed by atoms with Crippen molar-refractivity contribution in [3.05, 3.63) is 77.0 Å². The van der Waals surface area contributed by atoms with Crippen LogP contribution in [0, 0.1) is 6.92 Å². The van der Waals surface area contributed by atoms with Gasteiger partial charge >= 0.3 is 6.18 Å². The number of amides is 1. The van der Waals surface area contributed by atoms with Crippen molar-refractivity contribution in [3.8, 4) is 0 Å². The fraction of sp³-hybridized carbons (Fsp3) is 0.393. The smallest absolute Gasteiger partial charge is 0.368 e. The van der Waals surface area contributed by atoms with Crippen molar-refractivity contribution in [1.82, 2.24) is 20.2 Å². The number of benzene rings is 2. The van der Waals surface area contributed by atoms with Crippen LogP contribution >= 0.6 is 11.8 Å². The fourth-order valence-corrected chi connectivity index (χ4v) is 5.07. The number of aryl methyl sites for hydroxylation is 1. The standard InChI is InChI=1S/C28H33F3N6OS/c1-20-17-25(37-15-13-36(14-16-37)24-6-4-5-23(18-24)28(29,30)31)34-27(33-20)39-19-21-7-9-22(10-8-21)26(38)32-11-12-35(2)3/h4-10,17-18H,11-16,19H2,1-3H3,(H,32,38). The van der Waals surface area contributed by atoms with E-state index < -0.39 is 11.7 Å². The molecule has 7 nitrogen and oxygen atoms in total. The number of halogens is 3. The minimum atomic E-state index is -4.35. The highest BCUT2D eigenvalue weighted by molar-refractivity contribution is 7.98. The molecule has 208 valence electrons. The molecule has 1 N–H and O–H groups in total. The Labute approximate surface area is 231 Å². The molecule has 4 rings (SSSR count). The number of nitrogens with one attached hydrogen (secondary N) is 1. The van der Waals surface area contributed by atoms with E-state index in [-0.39, 0.29) is 5.91 Å². The Morgan fingerprint density at radius 3 is 2.36 bits per heavy atom. The summed E-state index contributed by atoms with van der Waals surface area (Å²) >= 11 is 1.53. The van der Waals surface area contributed by atoms with Crippen LogP contribution in [0.3, 0.4) is 0 Å². The number of alkyl halides is 3. The summed E-state index contributed by atoms with van der Waals surface area (Å²) in [5.74, 6) is 1.39. The summed E-state index contributed by atoms with van der Waals surface area (Å²) in [6.45, 7) is 5.80. The van der Waals surface area contributed by atoms with Crippen molar-refractivity contribution in [2.45, 2.75) is 24.0 Å². The van der Waals surface area contributed by atoms with Gasteiger partial charge in [-0.1, -0.05) is 30.0 Å². The van der Waals surface area contributed by atoms with Crippen LogP contribution in [-0.2, 0) is 11.9 Å². The van der Waals surface area contributed by atoms with E-state index in [2.05, 4.69) is 15.2 Å². The molecule has 1 amide bonds. The van der Waals surface area contributed by atoms with Gasteiger partial charge in [0.25, 0.3) is 5.91 Å². The lowest BCUT2D eigenvalue weighted by Crippen LogP contribution is -2.47. The zero-order chi connectivity index (χ0) is 28.0. The number of piperazine rings is 1. The summed E-state index contributed by atoms with van der Waals surface area (Å²) in [5, 5.41) is 3.58. The lowest BCUT2D eigenvalue weighted by Gasteiger charge is -2.37. The van der Waals surface area contributed by atoms with Crippen molar-refractivity contribution in [1.29, 1.82) is 0 Å². The summed E-state index contributed by atoms with van der Waals surface area (Å²) in [6, 6.07) is 15.0. The largest absolute Gasteiger partial charge is 0.416 e. The van der Waals surface area contributed by atoms with Crippen molar-refractivity contribution >= 4 is 29.2 Å². The molecule has 0 bridgehead atoms. The molecule has 2 aromatic carbocycles.